The average molecular weight is 310 g/mol. The van der Waals surface area contributed by atoms with E-state index in [1.165, 1.54) is 6.08 Å². The van der Waals surface area contributed by atoms with E-state index in [1.807, 2.05) is 19.4 Å². The van der Waals surface area contributed by atoms with E-state index >= 15 is 0 Å². The van der Waals surface area contributed by atoms with Crippen LogP contribution in [0.3, 0.4) is 0 Å². The summed E-state index contributed by atoms with van der Waals surface area (Å²) in [6, 6.07) is 4.99. The van der Waals surface area contributed by atoms with Gasteiger partial charge in [-0.1, -0.05) is 12.1 Å². The van der Waals surface area contributed by atoms with Crippen LogP contribution < -0.4 is 4.74 Å². The highest BCUT2D eigenvalue weighted by molar-refractivity contribution is 8.21. The number of ketones is 1. The largest absolute Gasteiger partial charge is 0.504 e. The highest BCUT2D eigenvalue weighted by Crippen LogP contribution is 2.27. The lowest BCUT2D eigenvalue weighted by molar-refractivity contribution is -0.110. The maximum absolute atomic E-state index is 11.8. The van der Waals surface area contributed by atoms with Crippen LogP contribution in [-0.2, 0) is 4.79 Å². The van der Waals surface area contributed by atoms with E-state index in [-0.39, 0.29) is 11.5 Å². The number of aromatic hydroxyl groups is 1. The Morgan fingerprint density at radius 3 is 2.65 bits per heavy atom. The predicted octanol–water partition coefficient (Wildman–Crippen LogP) is 3.94. The molecule has 1 aromatic rings. The quantitative estimate of drug-likeness (QED) is 0.773. The van der Waals surface area contributed by atoms with Crippen LogP contribution >= 0.6 is 23.5 Å². The Bertz CT molecular complexity index is 516. The molecule has 0 saturated carbocycles. The lowest BCUT2D eigenvalue weighted by atomic mass is 10.1. The number of hydrogen-bond acceptors (Lipinski definition) is 5. The molecule has 0 aromatic heterocycles. The first-order chi connectivity index (χ1) is 9.60. The fourth-order valence-corrected chi connectivity index (χ4v) is 2.58. The predicted molar refractivity (Wildman–Crippen MR) is 88.4 cm³/mol. The minimum Gasteiger partial charge on any atom is -0.504 e. The summed E-state index contributed by atoms with van der Waals surface area (Å²) in [4.78, 5) is 11.8. The van der Waals surface area contributed by atoms with Crippen molar-refractivity contribution in [1.82, 2.24) is 0 Å². The van der Waals surface area contributed by atoms with Gasteiger partial charge in [0.05, 0.1) is 6.61 Å². The molecule has 0 saturated heterocycles. The molecule has 0 unspecified atom stereocenters. The van der Waals surface area contributed by atoms with E-state index in [9.17, 15) is 9.90 Å². The van der Waals surface area contributed by atoms with Crippen molar-refractivity contribution < 1.29 is 14.6 Å². The van der Waals surface area contributed by atoms with Crippen molar-refractivity contribution in [3.63, 3.8) is 0 Å². The number of phenolic OH excluding ortho intramolecular Hbond substituents is 1. The van der Waals surface area contributed by atoms with Gasteiger partial charge in [-0.3, -0.25) is 4.79 Å². The van der Waals surface area contributed by atoms with Crippen molar-refractivity contribution in [2.75, 3.05) is 19.1 Å². The number of carbonyl (C=O) groups excluding carboxylic acids is 1. The second-order valence-corrected chi connectivity index (χ2v) is 5.72. The van der Waals surface area contributed by atoms with Crippen molar-refractivity contribution >= 4 is 35.4 Å². The third kappa shape index (κ3) is 5.35. The zero-order valence-corrected chi connectivity index (χ0v) is 13.4. The highest BCUT2D eigenvalue weighted by Gasteiger charge is 2.02. The van der Waals surface area contributed by atoms with Crippen molar-refractivity contribution in [2.45, 2.75) is 6.92 Å². The van der Waals surface area contributed by atoms with E-state index in [1.54, 1.807) is 53.9 Å². The van der Waals surface area contributed by atoms with E-state index in [2.05, 4.69) is 0 Å². The average Bonchev–Trinajstić information content (AvgIpc) is 2.45. The zero-order chi connectivity index (χ0) is 15.0. The van der Waals surface area contributed by atoms with Crippen LogP contribution in [-0.4, -0.2) is 30.0 Å². The Balaban J connectivity index is 2.82. The van der Waals surface area contributed by atoms with Crippen molar-refractivity contribution in [1.29, 1.82) is 0 Å². The molecular formula is C15H18O3S2. The first-order valence-electron chi connectivity index (χ1n) is 6.08. The molecule has 5 heteroatoms. The lowest BCUT2D eigenvalue weighted by Gasteiger charge is -2.06. The molecule has 1 N–H and O–H groups in total. The smallest absolute Gasteiger partial charge is 0.180 e. The Hall–Kier alpha value is -1.33. The standard InChI is InChI=1S/C15H18O3S2/c1-4-18-14-9-11(6-8-13(14)17)5-7-12(16)10-15(19-2)20-3/h5-10,17H,4H2,1-3H3/b7-5+. The maximum Gasteiger partial charge on any atom is 0.180 e. The summed E-state index contributed by atoms with van der Waals surface area (Å²) in [6.45, 7) is 2.33. The Morgan fingerprint density at radius 2 is 2.05 bits per heavy atom. The van der Waals surface area contributed by atoms with Gasteiger partial charge >= 0.3 is 0 Å². The molecule has 0 radical (unpaired) electrons. The van der Waals surface area contributed by atoms with E-state index < -0.39 is 0 Å². The SMILES string of the molecule is CCOc1cc(/C=C/C(=O)C=C(SC)SC)ccc1O. The van der Waals surface area contributed by atoms with Crippen molar-refractivity contribution in [2.24, 2.45) is 0 Å². The topological polar surface area (TPSA) is 46.5 Å². The Morgan fingerprint density at radius 1 is 1.35 bits per heavy atom. The fraction of sp³-hybridized carbons (Fsp3) is 0.267. The van der Waals surface area contributed by atoms with E-state index in [4.69, 9.17) is 4.74 Å². The molecule has 0 atom stereocenters. The van der Waals surface area contributed by atoms with Gasteiger partial charge in [-0.25, -0.2) is 0 Å². The van der Waals surface area contributed by atoms with Gasteiger partial charge in [0.2, 0.25) is 0 Å². The van der Waals surface area contributed by atoms with Gasteiger partial charge in [0.15, 0.2) is 17.3 Å². The number of allylic oxidation sites excluding steroid dienone is 2. The van der Waals surface area contributed by atoms with E-state index in [0.29, 0.717) is 12.4 Å². The molecule has 108 valence electrons. The van der Waals surface area contributed by atoms with Crippen LogP contribution in [0.25, 0.3) is 6.08 Å². The molecule has 0 aliphatic rings. The van der Waals surface area contributed by atoms with Crippen LogP contribution in [0, 0.1) is 0 Å². The van der Waals surface area contributed by atoms with Crippen LogP contribution in [0.4, 0.5) is 0 Å². The molecule has 0 bridgehead atoms. The molecule has 20 heavy (non-hydrogen) atoms. The summed E-state index contributed by atoms with van der Waals surface area (Å²) >= 11 is 3.09. The van der Waals surface area contributed by atoms with Crippen LogP contribution in [0.5, 0.6) is 11.5 Å². The van der Waals surface area contributed by atoms with Gasteiger partial charge in [-0.2, -0.15) is 0 Å². The molecule has 0 aliphatic heterocycles. The lowest BCUT2D eigenvalue weighted by Crippen LogP contribution is -1.92. The molecule has 1 aromatic carbocycles. The Kier molecular flexibility index (Phi) is 7.33. The second-order valence-electron chi connectivity index (χ2n) is 3.77. The summed E-state index contributed by atoms with van der Waals surface area (Å²) in [5.41, 5.74) is 0.808. The summed E-state index contributed by atoms with van der Waals surface area (Å²) in [5.74, 6) is 0.462. The zero-order valence-electron chi connectivity index (χ0n) is 11.8. The number of benzene rings is 1. The summed E-state index contributed by atoms with van der Waals surface area (Å²) < 4.78 is 6.27. The minimum atomic E-state index is -0.0604. The summed E-state index contributed by atoms with van der Waals surface area (Å²) in [5, 5.41) is 9.60. The first-order valence-corrected chi connectivity index (χ1v) is 8.53. The monoisotopic (exact) mass is 310 g/mol. The minimum absolute atomic E-state index is 0.0604. The first kappa shape index (κ1) is 16.7. The van der Waals surface area contributed by atoms with Gasteiger partial charge in [0.1, 0.15) is 0 Å². The molecule has 3 nitrogen and oxygen atoms in total. The molecule has 0 fully saturated rings. The van der Waals surface area contributed by atoms with Crippen LogP contribution in [0.2, 0.25) is 0 Å². The second kappa shape index (κ2) is 8.76. The van der Waals surface area contributed by atoms with Crippen molar-refractivity contribution in [3.05, 3.63) is 40.2 Å². The number of hydrogen-bond donors (Lipinski definition) is 1. The molecule has 0 spiro atoms. The van der Waals surface area contributed by atoms with Gasteiger partial charge in [0, 0.05) is 10.3 Å². The summed E-state index contributed by atoms with van der Waals surface area (Å²) in [7, 11) is 0. The van der Waals surface area contributed by atoms with Crippen molar-refractivity contribution in [3.8, 4) is 11.5 Å². The number of thioether (sulfide) groups is 2. The maximum atomic E-state index is 11.8. The third-order valence-corrected chi connectivity index (χ3v) is 4.43. The number of rotatable bonds is 7. The van der Waals surface area contributed by atoms with E-state index in [0.717, 1.165) is 9.80 Å². The number of phenols is 1. The Labute approximate surface area is 128 Å². The molecule has 1 rings (SSSR count). The molecular weight excluding hydrogens is 292 g/mol. The third-order valence-electron chi connectivity index (χ3n) is 2.39. The fourth-order valence-electron chi connectivity index (χ4n) is 1.45. The van der Waals surface area contributed by atoms with Gasteiger partial charge in [-0.05, 0) is 43.2 Å². The number of carbonyl (C=O) groups is 1. The van der Waals surface area contributed by atoms with Crippen LogP contribution in [0.1, 0.15) is 12.5 Å². The van der Waals surface area contributed by atoms with Gasteiger partial charge in [-0.15, -0.1) is 23.5 Å². The van der Waals surface area contributed by atoms with Gasteiger partial charge in [0.25, 0.3) is 0 Å². The number of ether oxygens (including phenoxy) is 1. The molecule has 0 amide bonds. The summed E-state index contributed by atoms with van der Waals surface area (Å²) in [6.07, 6.45) is 8.70. The molecule has 0 aliphatic carbocycles. The highest BCUT2D eigenvalue weighted by atomic mass is 32.2. The van der Waals surface area contributed by atoms with Gasteiger partial charge < -0.3 is 9.84 Å². The normalized spacial score (nSPS) is 10.6. The molecule has 0 heterocycles. The van der Waals surface area contributed by atoms with Crippen LogP contribution in [0.15, 0.2) is 34.6 Å².